The van der Waals surface area contributed by atoms with Crippen molar-refractivity contribution >= 4 is 23.0 Å². The number of nitrogens with zero attached hydrogens (tertiary/aromatic N) is 1. The fourth-order valence-corrected chi connectivity index (χ4v) is 4.82. The van der Waals surface area contributed by atoms with Gasteiger partial charge in [-0.25, -0.2) is 0 Å². The van der Waals surface area contributed by atoms with Crippen LogP contribution in [0.25, 0.3) is 0 Å². The first-order valence-corrected chi connectivity index (χ1v) is 9.18. The summed E-state index contributed by atoms with van der Waals surface area (Å²) in [4.78, 5) is 12.6. The lowest BCUT2D eigenvalue weighted by Gasteiger charge is -2.49. The molecule has 3 unspecified atom stereocenters. The largest absolute Gasteiger partial charge is 1.00 e. The molecule has 2 aliphatic rings. The maximum Gasteiger partial charge on any atom is 0.316 e. The molecular formula is C20H33Br2NO4. The number of aliphatic hydroxyl groups is 1. The second-order valence-corrected chi connectivity index (χ2v) is 7.88. The van der Waals surface area contributed by atoms with Crippen molar-refractivity contribution in [3.8, 4) is 0 Å². The number of hydrogen-bond acceptors (Lipinski definition) is 3. The number of halogens is 2. The first-order valence-electron chi connectivity index (χ1n) is 9.18. The number of esters is 1. The molecule has 2 fully saturated rings. The SMILES string of the molecule is Br.CC(C)[N+]1(C)[C@@H]2CC[C@H]1CC(OC(=O)C(CO)c1ccccc1)C2.O.[Br-]. The Morgan fingerprint density at radius 3 is 2.15 bits per heavy atom. The van der Waals surface area contributed by atoms with E-state index in [9.17, 15) is 9.90 Å². The van der Waals surface area contributed by atoms with Crippen LogP contribution >= 0.6 is 17.0 Å². The van der Waals surface area contributed by atoms with Crippen molar-refractivity contribution in [2.75, 3.05) is 13.7 Å². The zero-order valence-corrected chi connectivity index (χ0v) is 19.6. The Labute approximate surface area is 183 Å². The van der Waals surface area contributed by atoms with Gasteiger partial charge >= 0.3 is 5.97 Å². The van der Waals surface area contributed by atoms with Crippen LogP contribution < -0.4 is 17.0 Å². The summed E-state index contributed by atoms with van der Waals surface area (Å²) in [6, 6.07) is 11.2. The second kappa shape index (κ2) is 10.9. The minimum atomic E-state index is -0.572. The monoisotopic (exact) mass is 509 g/mol. The number of piperidine rings is 1. The lowest BCUT2D eigenvalue weighted by molar-refractivity contribution is -0.968. The van der Waals surface area contributed by atoms with Crippen LogP contribution in [0.4, 0.5) is 0 Å². The Morgan fingerprint density at radius 1 is 1.19 bits per heavy atom. The summed E-state index contributed by atoms with van der Waals surface area (Å²) in [7, 11) is 2.37. The first kappa shape index (κ1) is 26.5. The van der Waals surface area contributed by atoms with E-state index in [1.165, 1.54) is 12.8 Å². The molecular weight excluding hydrogens is 478 g/mol. The predicted molar refractivity (Wildman–Crippen MR) is 107 cm³/mol. The van der Waals surface area contributed by atoms with Crippen LogP contribution in [-0.4, -0.2) is 58.9 Å². The molecule has 3 N–H and O–H groups in total. The van der Waals surface area contributed by atoms with Crippen molar-refractivity contribution in [1.82, 2.24) is 0 Å². The van der Waals surface area contributed by atoms with Crippen LogP contribution in [0.15, 0.2) is 30.3 Å². The molecule has 3 rings (SSSR count). The summed E-state index contributed by atoms with van der Waals surface area (Å²) in [6.07, 6.45) is 4.36. The van der Waals surface area contributed by atoms with Crippen LogP contribution in [0.2, 0.25) is 0 Å². The van der Waals surface area contributed by atoms with E-state index in [0.717, 1.165) is 22.9 Å². The molecule has 156 valence electrons. The van der Waals surface area contributed by atoms with Crippen molar-refractivity contribution in [2.45, 2.75) is 69.7 Å². The van der Waals surface area contributed by atoms with E-state index >= 15 is 0 Å². The van der Waals surface area contributed by atoms with Gasteiger partial charge in [0.05, 0.1) is 31.8 Å². The number of carbonyl (C=O) groups excluding carboxylic acids is 1. The van der Waals surface area contributed by atoms with E-state index < -0.39 is 5.92 Å². The molecule has 27 heavy (non-hydrogen) atoms. The molecule has 0 saturated carbocycles. The summed E-state index contributed by atoms with van der Waals surface area (Å²) in [5, 5.41) is 9.65. The molecule has 2 heterocycles. The normalized spacial score (nSPS) is 29.7. The summed E-state index contributed by atoms with van der Waals surface area (Å²) in [5.41, 5.74) is 0.826. The van der Waals surface area contributed by atoms with Gasteiger partial charge in [-0.1, -0.05) is 30.3 Å². The standard InChI is InChI=1S/C20H30NO3.2BrH.H2O/c1-14(2)21(3)16-9-10-17(21)12-18(11-16)24-20(23)19(13-22)15-7-5-4-6-8-15;;;/h4-8,14,16-19,22H,9-13H2,1-3H3;2*1H;1H2/q+1;;;/p-1/t16-,17+,18?,19?,21?;;;. The average molecular weight is 511 g/mol. The summed E-state index contributed by atoms with van der Waals surface area (Å²) < 4.78 is 6.96. The van der Waals surface area contributed by atoms with E-state index in [1.807, 2.05) is 30.3 Å². The molecule has 2 saturated heterocycles. The minimum Gasteiger partial charge on any atom is -1.00 e. The van der Waals surface area contributed by atoms with E-state index in [0.29, 0.717) is 18.1 Å². The van der Waals surface area contributed by atoms with E-state index in [4.69, 9.17) is 4.74 Å². The van der Waals surface area contributed by atoms with Gasteiger partial charge in [-0.3, -0.25) is 4.79 Å². The van der Waals surface area contributed by atoms with Crippen LogP contribution in [0.1, 0.15) is 51.0 Å². The maximum atomic E-state index is 12.6. The number of ether oxygens (including phenoxy) is 1. The Hall–Kier alpha value is -0.470. The van der Waals surface area contributed by atoms with Gasteiger partial charge in [0.25, 0.3) is 0 Å². The third-order valence-electron chi connectivity index (χ3n) is 6.54. The topological polar surface area (TPSA) is 78.0 Å². The number of fused-ring (bicyclic) bond motifs is 2. The van der Waals surface area contributed by atoms with Crippen LogP contribution in [-0.2, 0) is 9.53 Å². The summed E-state index contributed by atoms with van der Waals surface area (Å²) in [6.45, 7) is 4.39. The Morgan fingerprint density at radius 2 is 1.70 bits per heavy atom. The summed E-state index contributed by atoms with van der Waals surface area (Å²) in [5.74, 6) is -0.856. The lowest BCUT2D eigenvalue weighted by atomic mass is 9.94. The van der Waals surface area contributed by atoms with Gasteiger partial charge < -0.3 is 36.8 Å². The molecule has 0 aliphatic carbocycles. The van der Waals surface area contributed by atoms with Gasteiger partial charge in [0.2, 0.25) is 0 Å². The van der Waals surface area contributed by atoms with Crippen LogP contribution in [0.5, 0.6) is 0 Å². The molecule has 0 amide bonds. The Balaban J connectivity index is 0.00000225. The van der Waals surface area contributed by atoms with Crippen LogP contribution in [0.3, 0.4) is 0 Å². The van der Waals surface area contributed by atoms with E-state index in [1.54, 1.807) is 0 Å². The minimum absolute atomic E-state index is 0. The number of benzene rings is 1. The molecule has 5 atom stereocenters. The van der Waals surface area contributed by atoms with E-state index in [-0.39, 0.29) is 58.1 Å². The first-order chi connectivity index (χ1) is 11.5. The molecule has 7 heteroatoms. The van der Waals surface area contributed by atoms with Crippen molar-refractivity contribution in [3.05, 3.63) is 35.9 Å². The van der Waals surface area contributed by atoms with Gasteiger partial charge in [0.15, 0.2) is 0 Å². The van der Waals surface area contributed by atoms with Crippen molar-refractivity contribution in [3.63, 3.8) is 0 Å². The zero-order chi connectivity index (χ0) is 17.3. The highest BCUT2D eigenvalue weighted by Gasteiger charge is 2.53. The van der Waals surface area contributed by atoms with Crippen molar-refractivity contribution in [1.29, 1.82) is 0 Å². The Bertz CT molecular complexity index is 571. The third kappa shape index (κ3) is 5.12. The number of carbonyl (C=O) groups is 1. The fourth-order valence-electron chi connectivity index (χ4n) is 4.82. The number of aliphatic hydroxyl groups excluding tert-OH is 1. The molecule has 2 aliphatic heterocycles. The molecule has 0 radical (unpaired) electrons. The number of hydrogen-bond donors (Lipinski definition) is 1. The van der Waals surface area contributed by atoms with Gasteiger partial charge in [-0.15, -0.1) is 17.0 Å². The highest BCUT2D eigenvalue weighted by Crippen LogP contribution is 2.44. The van der Waals surface area contributed by atoms with E-state index in [2.05, 4.69) is 20.9 Å². The molecule has 1 aromatic carbocycles. The highest BCUT2D eigenvalue weighted by molar-refractivity contribution is 8.93. The Kier molecular flexibility index (Phi) is 10.7. The van der Waals surface area contributed by atoms with Crippen molar-refractivity contribution in [2.24, 2.45) is 0 Å². The number of quaternary nitrogens is 1. The average Bonchev–Trinajstić information content (AvgIpc) is 2.74. The highest BCUT2D eigenvalue weighted by atomic mass is 79.9. The van der Waals surface area contributed by atoms with Gasteiger partial charge in [0, 0.05) is 25.7 Å². The van der Waals surface area contributed by atoms with Gasteiger partial charge in [0.1, 0.15) is 12.0 Å². The second-order valence-electron chi connectivity index (χ2n) is 7.88. The molecule has 0 aromatic heterocycles. The zero-order valence-electron chi connectivity index (χ0n) is 16.3. The number of rotatable bonds is 5. The molecule has 5 nitrogen and oxygen atoms in total. The smallest absolute Gasteiger partial charge is 0.316 e. The van der Waals surface area contributed by atoms with Gasteiger partial charge in [-0.2, -0.15) is 0 Å². The summed E-state index contributed by atoms with van der Waals surface area (Å²) >= 11 is 0. The molecule has 2 bridgehead atoms. The molecule has 0 spiro atoms. The quantitative estimate of drug-likeness (QED) is 0.433. The maximum absolute atomic E-state index is 12.6. The lowest BCUT2D eigenvalue weighted by Crippen LogP contribution is -3.00. The molecule has 1 aromatic rings. The third-order valence-corrected chi connectivity index (χ3v) is 6.54. The fraction of sp³-hybridized carbons (Fsp3) is 0.650. The van der Waals surface area contributed by atoms with Crippen molar-refractivity contribution < 1.29 is 41.6 Å². The van der Waals surface area contributed by atoms with Gasteiger partial charge in [-0.05, 0) is 19.4 Å². The van der Waals surface area contributed by atoms with Crippen LogP contribution in [0, 0.1) is 0 Å². The predicted octanol–water partition coefficient (Wildman–Crippen LogP) is -0.389.